The molecular weight excluding hydrogens is 304 g/mol. The van der Waals surface area contributed by atoms with Crippen LogP contribution in [0.2, 0.25) is 0 Å². The van der Waals surface area contributed by atoms with Crippen LogP contribution >= 0.6 is 11.3 Å². The van der Waals surface area contributed by atoms with Gasteiger partial charge in [0, 0.05) is 12.6 Å². The van der Waals surface area contributed by atoms with Gasteiger partial charge in [-0.2, -0.15) is 0 Å². The molecule has 0 spiro atoms. The summed E-state index contributed by atoms with van der Waals surface area (Å²) in [6.07, 6.45) is 3.64. The van der Waals surface area contributed by atoms with Gasteiger partial charge in [0.2, 0.25) is 6.39 Å². The normalized spacial score (nSPS) is 26.8. The second kappa shape index (κ2) is 5.69. The van der Waals surface area contributed by atoms with Crippen molar-refractivity contribution < 1.29 is 13.9 Å². The predicted octanol–water partition coefficient (Wildman–Crippen LogP) is 1.75. The number of carbonyl (C=O) groups is 1. The number of thiophene rings is 1. The summed E-state index contributed by atoms with van der Waals surface area (Å²) >= 11 is 1.27. The molecule has 0 aliphatic carbocycles. The minimum Gasteiger partial charge on any atom is -0.399 e. The van der Waals surface area contributed by atoms with Crippen molar-refractivity contribution in [2.24, 2.45) is 5.92 Å². The van der Waals surface area contributed by atoms with E-state index >= 15 is 0 Å². The molecule has 2 aromatic rings. The molecule has 3 aliphatic heterocycles. The molecule has 2 aromatic heterocycles. The standard InChI is InChI=1S/C14H16N4O3S/c19-13(16-10-7-18-5-3-9(10)4-6-18)11-1-2-12(22-11)21-14-17-15-8-20-14/h1-2,8-10H,3-7H2,(H,16,19). The molecule has 5 rings (SSSR count). The number of carbonyl (C=O) groups excluding carboxylic acids is 1. The van der Waals surface area contributed by atoms with E-state index in [2.05, 4.69) is 20.4 Å². The fourth-order valence-electron chi connectivity index (χ4n) is 3.16. The molecule has 8 heteroatoms. The molecule has 0 saturated carbocycles. The number of nitrogens with zero attached hydrogens (tertiary/aromatic N) is 3. The largest absolute Gasteiger partial charge is 0.420 e. The molecule has 0 aromatic carbocycles. The van der Waals surface area contributed by atoms with Crippen molar-refractivity contribution in [1.29, 1.82) is 0 Å². The summed E-state index contributed by atoms with van der Waals surface area (Å²) in [5, 5.41) is 10.9. The smallest absolute Gasteiger partial charge is 0.399 e. The van der Waals surface area contributed by atoms with Gasteiger partial charge in [-0.05, 0) is 44.0 Å². The first kappa shape index (κ1) is 13.7. The maximum atomic E-state index is 12.4. The van der Waals surface area contributed by atoms with Gasteiger partial charge in [0.25, 0.3) is 5.91 Å². The summed E-state index contributed by atoms with van der Waals surface area (Å²) in [5.74, 6) is 0.576. The number of amides is 1. The van der Waals surface area contributed by atoms with Crippen LogP contribution < -0.4 is 10.1 Å². The van der Waals surface area contributed by atoms with Gasteiger partial charge < -0.3 is 19.4 Å². The SMILES string of the molecule is O=C(NC1CN2CCC1CC2)c1ccc(Oc2nnco2)s1. The summed E-state index contributed by atoms with van der Waals surface area (Å²) in [5.41, 5.74) is 0. The average Bonchev–Trinajstić information content (AvgIpc) is 3.21. The Hall–Kier alpha value is -1.93. The van der Waals surface area contributed by atoms with Crippen LogP contribution in [-0.4, -0.2) is 46.7 Å². The summed E-state index contributed by atoms with van der Waals surface area (Å²) in [4.78, 5) is 15.4. The highest BCUT2D eigenvalue weighted by atomic mass is 32.1. The Morgan fingerprint density at radius 3 is 2.95 bits per heavy atom. The van der Waals surface area contributed by atoms with Gasteiger partial charge in [-0.25, -0.2) is 0 Å². The van der Waals surface area contributed by atoms with Gasteiger partial charge in [0.1, 0.15) is 0 Å². The third-order valence-electron chi connectivity index (χ3n) is 4.31. The van der Waals surface area contributed by atoms with Crippen LogP contribution in [0, 0.1) is 5.92 Å². The highest BCUT2D eigenvalue weighted by Gasteiger charge is 2.35. The van der Waals surface area contributed by atoms with Gasteiger partial charge in [0.15, 0.2) is 5.06 Å². The van der Waals surface area contributed by atoms with Gasteiger partial charge in [-0.15, -0.1) is 5.10 Å². The van der Waals surface area contributed by atoms with E-state index in [1.54, 1.807) is 12.1 Å². The summed E-state index contributed by atoms with van der Waals surface area (Å²) < 4.78 is 10.3. The molecule has 116 valence electrons. The monoisotopic (exact) mass is 320 g/mol. The molecule has 22 heavy (non-hydrogen) atoms. The third kappa shape index (κ3) is 2.71. The fourth-order valence-corrected chi connectivity index (χ4v) is 3.91. The molecule has 2 bridgehead atoms. The quantitative estimate of drug-likeness (QED) is 0.924. The topological polar surface area (TPSA) is 80.5 Å². The molecule has 3 aliphatic rings. The summed E-state index contributed by atoms with van der Waals surface area (Å²) in [7, 11) is 0. The lowest BCUT2D eigenvalue weighted by molar-refractivity contribution is 0.0622. The molecule has 1 amide bonds. The van der Waals surface area contributed by atoms with Gasteiger partial charge in [-0.3, -0.25) is 4.79 Å². The lowest BCUT2D eigenvalue weighted by Gasteiger charge is -2.44. The number of hydrogen-bond acceptors (Lipinski definition) is 7. The van der Waals surface area contributed by atoms with Crippen LogP contribution in [0.4, 0.5) is 0 Å². The van der Waals surface area contributed by atoms with Crippen molar-refractivity contribution >= 4 is 17.2 Å². The maximum Gasteiger partial charge on any atom is 0.420 e. The Kier molecular flexibility index (Phi) is 3.55. The van der Waals surface area contributed by atoms with Crippen LogP contribution in [0.3, 0.4) is 0 Å². The highest BCUT2D eigenvalue weighted by molar-refractivity contribution is 7.15. The zero-order valence-electron chi connectivity index (χ0n) is 11.9. The Morgan fingerprint density at radius 2 is 2.27 bits per heavy atom. The number of aromatic nitrogens is 2. The van der Waals surface area contributed by atoms with E-state index in [0.717, 1.165) is 19.6 Å². The Morgan fingerprint density at radius 1 is 1.41 bits per heavy atom. The molecule has 1 unspecified atom stereocenters. The molecule has 7 nitrogen and oxygen atoms in total. The minimum absolute atomic E-state index is 0.0378. The molecule has 1 N–H and O–H groups in total. The number of hydrogen-bond donors (Lipinski definition) is 1. The summed E-state index contributed by atoms with van der Waals surface area (Å²) in [6, 6.07) is 3.75. The van der Waals surface area contributed by atoms with E-state index in [9.17, 15) is 4.79 Å². The van der Waals surface area contributed by atoms with E-state index in [-0.39, 0.29) is 18.0 Å². The lowest BCUT2D eigenvalue weighted by atomic mass is 9.84. The zero-order valence-corrected chi connectivity index (χ0v) is 12.7. The Labute approximate surface area is 131 Å². The van der Waals surface area contributed by atoms with Gasteiger partial charge in [0.05, 0.1) is 4.88 Å². The first-order chi connectivity index (χ1) is 10.8. The third-order valence-corrected chi connectivity index (χ3v) is 5.27. The van der Waals surface area contributed by atoms with Crippen molar-refractivity contribution in [3.8, 4) is 11.1 Å². The number of piperidine rings is 3. The molecular formula is C14H16N4O3S. The van der Waals surface area contributed by atoms with Crippen molar-refractivity contribution in [2.45, 2.75) is 18.9 Å². The first-order valence-electron chi connectivity index (χ1n) is 7.35. The number of rotatable bonds is 4. The number of fused-ring (bicyclic) bond motifs is 3. The summed E-state index contributed by atoms with van der Waals surface area (Å²) in [6.45, 7) is 3.30. The van der Waals surface area contributed by atoms with Crippen LogP contribution in [0.5, 0.6) is 11.1 Å². The number of nitrogens with one attached hydrogen (secondary N) is 1. The van der Waals surface area contributed by atoms with Crippen molar-refractivity contribution in [2.75, 3.05) is 19.6 Å². The lowest BCUT2D eigenvalue weighted by Crippen LogP contribution is -2.57. The van der Waals surface area contributed by atoms with Crippen molar-refractivity contribution in [3.05, 3.63) is 23.4 Å². The van der Waals surface area contributed by atoms with Crippen LogP contribution in [0.25, 0.3) is 0 Å². The van der Waals surface area contributed by atoms with Gasteiger partial charge >= 0.3 is 6.08 Å². The molecule has 5 heterocycles. The van der Waals surface area contributed by atoms with E-state index in [1.807, 2.05) is 0 Å². The van der Waals surface area contributed by atoms with E-state index in [1.165, 1.54) is 30.6 Å². The predicted molar refractivity (Wildman–Crippen MR) is 79.1 cm³/mol. The Bertz CT molecular complexity index is 649. The Balaban J connectivity index is 1.39. The van der Waals surface area contributed by atoms with Crippen LogP contribution in [0.15, 0.2) is 22.9 Å². The first-order valence-corrected chi connectivity index (χ1v) is 8.16. The van der Waals surface area contributed by atoms with Gasteiger partial charge in [-0.1, -0.05) is 16.4 Å². The van der Waals surface area contributed by atoms with Crippen LogP contribution in [-0.2, 0) is 0 Å². The highest BCUT2D eigenvalue weighted by Crippen LogP contribution is 2.30. The van der Waals surface area contributed by atoms with Crippen molar-refractivity contribution in [1.82, 2.24) is 20.4 Å². The average molecular weight is 320 g/mol. The molecule has 1 atom stereocenters. The second-order valence-corrected chi connectivity index (χ2v) is 6.69. The second-order valence-electron chi connectivity index (χ2n) is 5.64. The number of ether oxygens (including phenoxy) is 1. The maximum absolute atomic E-state index is 12.4. The van der Waals surface area contributed by atoms with E-state index in [0.29, 0.717) is 15.9 Å². The zero-order chi connectivity index (χ0) is 14.9. The van der Waals surface area contributed by atoms with E-state index in [4.69, 9.17) is 9.15 Å². The van der Waals surface area contributed by atoms with E-state index < -0.39 is 0 Å². The fraction of sp³-hybridized carbons (Fsp3) is 0.500. The molecule has 3 saturated heterocycles. The molecule has 3 fully saturated rings. The van der Waals surface area contributed by atoms with Crippen LogP contribution in [0.1, 0.15) is 22.5 Å². The minimum atomic E-state index is -0.0378. The van der Waals surface area contributed by atoms with Crippen molar-refractivity contribution in [3.63, 3.8) is 0 Å². The molecule has 0 radical (unpaired) electrons.